The van der Waals surface area contributed by atoms with Crippen molar-refractivity contribution in [3.63, 3.8) is 0 Å². The van der Waals surface area contributed by atoms with Crippen molar-refractivity contribution in [3.8, 4) is 34.1 Å². The molecule has 8 nitrogen and oxygen atoms in total. The molecule has 0 N–H and O–H groups in total. The Hall–Kier alpha value is -4.07. The molecule has 0 aliphatic carbocycles. The molecule has 0 spiro atoms. The van der Waals surface area contributed by atoms with Crippen LogP contribution in [-0.4, -0.2) is 52.9 Å². The van der Waals surface area contributed by atoms with Crippen LogP contribution in [0, 0.1) is 0 Å². The molecule has 192 valence electrons. The van der Waals surface area contributed by atoms with E-state index in [1.165, 1.54) is 6.33 Å². The number of benzene rings is 2. The molecule has 0 unspecified atom stereocenters. The smallest absolute Gasteiger partial charge is 0.410 e. The number of amides is 1. The van der Waals surface area contributed by atoms with Gasteiger partial charge in [0, 0.05) is 17.7 Å². The van der Waals surface area contributed by atoms with Crippen LogP contribution in [0.25, 0.3) is 33.6 Å². The summed E-state index contributed by atoms with van der Waals surface area (Å²) in [5.41, 5.74) is 2.57. The van der Waals surface area contributed by atoms with Crippen LogP contribution < -0.4 is 9.47 Å². The van der Waals surface area contributed by atoms with Crippen molar-refractivity contribution in [1.82, 2.24) is 14.9 Å². The van der Waals surface area contributed by atoms with Crippen LogP contribution in [-0.2, 0) is 4.74 Å². The quantitative estimate of drug-likeness (QED) is 0.304. The fourth-order valence-electron chi connectivity index (χ4n) is 4.59. The molecule has 1 amide bonds. The van der Waals surface area contributed by atoms with E-state index in [1.54, 1.807) is 12.0 Å². The maximum Gasteiger partial charge on any atom is 0.410 e. The number of aromatic nitrogens is 2. The molecule has 4 aromatic rings. The summed E-state index contributed by atoms with van der Waals surface area (Å²) >= 11 is 0. The largest absolute Gasteiger partial charge is 0.497 e. The molecule has 1 fully saturated rings. The van der Waals surface area contributed by atoms with Gasteiger partial charge < -0.3 is 23.5 Å². The average Bonchev–Trinajstić information content (AvgIpc) is 3.52. The second kappa shape index (κ2) is 10.1. The number of carbonyl (C=O) groups excluding carboxylic acids is 1. The van der Waals surface area contributed by atoms with Crippen LogP contribution in [0.4, 0.5) is 4.79 Å². The first-order valence-electron chi connectivity index (χ1n) is 12.4. The highest BCUT2D eigenvalue weighted by Gasteiger charge is 2.33. The van der Waals surface area contributed by atoms with Crippen LogP contribution in [0.3, 0.4) is 0 Å². The van der Waals surface area contributed by atoms with Crippen molar-refractivity contribution in [2.75, 3.05) is 20.3 Å². The van der Waals surface area contributed by atoms with E-state index in [4.69, 9.17) is 18.6 Å². The number of rotatable bonds is 6. The van der Waals surface area contributed by atoms with E-state index in [2.05, 4.69) is 9.97 Å². The molecule has 0 radical (unpaired) electrons. The number of fused-ring (bicyclic) bond motifs is 1. The van der Waals surface area contributed by atoms with Crippen molar-refractivity contribution >= 4 is 17.2 Å². The third-order valence-corrected chi connectivity index (χ3v) is 6.29. The van der Waals surface area contributed by atoms with Crippen molar-refractivity contribution < 1.29 is 23.4 Å². The lowest BCUT2D eigenvalue weighted by Crippen LogP contribution is -2.42. The summed E-state index contributed by atoms with van der Waals surface area (Å²) in [5.74, 6) is 1.86. The Labute approximate surface area is 216 Å². The number of hydrogen-bond donors (Lipinski definition) is 0. The normalized spacial score (nSPS) is 15.7. The predicted molar refractivity (Wildman–Crippen MR) is 141 cm³/mol. The molecule has 0 bridgehead atoms. The topological polar surface area (TPSA) is 86.9 Å². The van der Waals surface area contributed by atoms with Gasteiger partial charge in [0.1, 0.15) is 35.4 Å². The number of furan rings is 1. The summed E-state index contributed by atoms with van der Waals surface area (Å²) in [5, 5.41) is 0.688. The fraction of sp³-hybridized carbons (Fsp3) is 0.345. The van der Waals surface area contributed by atoms with E-state index in [1.807, 2.05) is 75.4 Å². The summed E-state index contributed by atoms with van der Waals surface area (Å²) < 4.78 is 23.5. The zero-order valence-corrected chi connectivity index (χ0v) is 21.6. The molecular weight excluding hydrogens is 470 g/mol. The maximum atomic E-state index is 12.7. The molecule has 0 saturated carbocycles. The van der Waals surface area contributed by atoms with Crippen LogP contribution in [0.5, 0.6) is 11.6 Å². The Kier molecular flexibility index (Phi) is 6.74. The van der Waals surface area contributed by atoms with Crippen molar-refractivity contribution in [3.05, 3.63) is 60.9 Å². The number of hydrogen-bond acceptors (Lipinski definition) is 7. The monoisotopic (exact) mass is 501 g/mol. The van der Waals surface area contributed by atoms with Crippen LogP contribution in [0.1, 0.15) is 33.6 Å². The van der Waals surface area contributed by atoms with Crippen LogP contribution >= 0.6 is 0 Å². The van der Waals surface area contributed by atoms with E-state index >= 15 is 0 Å². The van der Waals surface area contributed by atoms with Gasteiger partial charge in [-0.3, -0.25) is 0 Å². The Morgan fingerprint density at radius 2 is 1.81 bits per heavy atom. The van der Waals surface area contributed by atoms with E-state index in [9.17, 15) is 4.79 Å². The highest BCUT2D eigenvalue weighted by Crippen LogP contribution is 2.43. The minimum atomic E-state index is -0.554. The molecule has 2 aromatic heterocycles. The van der Waals surface area contributed by atoms with Crippen LogP contribution in [0.15, 0.2) is 65.3 Å². The zero-order chi connectivity index (χ0) is 26.0. The Morgan fingerprint density at radius 1 is 1.05 bits per heavy atom. The van der Waals surface area contributed by atoms with Crippen molar-refractivity contribution in [2.45, 2.75) is 45.3 Å². The molecule has 5 rings (SSSR count). The Balaban J connectivity index is 1.51. The number of carbonyl (C=O) groups is 1. The molecule has 1 atom stereocenters. The number of nitrogens with zero attached hydrogens (tertiary/aromatic N) is 3. The van der Waals surface area contributed by atoms with E-state index in [-0.39, 0.29) is 12.1 Å². The summed E-state index contributed by atoms with van der Waals surface area (Å²) in [7, 11) is 1.64. The highest BCUT2D eigenvalue weighted by molar-refractivity contribution is 6.03. The number of ether oxygens (including phenoxy) is 3. The molecule has 1 saturated heterocycles. The van der Waals surface area contributed by atoms with Gasteiger partial charge in [0.15, 0.2) is 0 Å². The van der Waals surface area contributed by atoms with E-state index < -0.39 is 5.60 Å². The third-order valence-electron chi connectivity index (χ3n) is 6.29. The lowest BCUT2D eigenvalue weighted by Gasteiger charge is -2.28. The van der Waals surface area contributed by atoms with E-state index in [0.717, 1.165) is 35.3 Å². The standard InChI is InChI=1S/C29H31N3O5/c1-29(2,3)37-28(33)32-16-8-11-21(32)17-35-26-24-23(19-12-14-22(34-4)15-13-19)25(20-9-6-5-7-10-20)36-27(24)31-18-30-26/h5-7,9-10,12-15,18,21H,8,11,16-17H2,1-4H3/t21-/m1/s1. The van der Waals surface area contributed by atoms with Gasteiger partial charge in [0.25, 0.3) is 0 Å². The SMILES string of the molecule is COc1ccc(-c2c(-c3ccccc3)oc3ncnc(OC[C@H]4CCCN4C(=O)OC(C)(C)C)c23)cc1. The highest BCUT2D eigenvalue weighted by atomic mass is 16.6. The first-order chi connectivity index (χ1) is 17.8. The van der Waals surface area contributed by atoms with Gasteiger partial charge in [0.05, 0.1) is 13.2 Å². The van der Waals surface area contributed by atoms with Gasteiger partial charge in [-0.2, -0.15) is 0 Å². The van der Waals surface area contributed by atoms with Crippen molar-refractivity contribution in [1.29, 1.82) is 0 Å². The van der Waals surface area contributed by atoms with Gasteiger partial charge in [0.2, 0.25) is 11.6 Å². The second-order valence-corrected chi connectivity index (χ2v) is 10.0. The van der Waals surface area contributed by atoms with Crippen LogP contribution in [0.2, 0.25) is 0 Å². The summed E-state index contributed by atoms with van der Waals surface area (Å²) in [6.45, 7) is 6.54. The number of methoxy groups -OCH3 is 1. The Morgan fingerprint density at radius 3 is 2.51 bits per heavy atom. The van der Waals surface area contributed by atoms with Gasteiger partial charge >= 0.3 is 6.09 Å². The summed E-state index contributed by atoms with van der Waals surface area (Å²) in [6, 6.07) is 17.6. The summed E-state index contributed by atoms with van der Waals surface area (Å²) in [4.78, 5) is 23.4. The number of likely N-dealkylation sites (tertiary alicyclic amines) is 1. The molecular formula is C29H31N3O5. The minimum Gasteiger partial charge on any atom is -0.497 e. The van der Waals surface area contributed by atoms with Gasteiger partial charge in [-0.1, -0.05) is 42.5 Å². The lowest BCUT2D eigenvalue weighted by molar-refractivity contribution is 0.0186. The first-order valence-corrected chi connectivity index (χ1v) is 12.4. The maximum absolute atomic E-state index is 12.7. The molecule has 2 aromatic carbocycles. The molecule has 8 heteroatoms. The zero-order valence-electron chi connectivity index (χ0n) is 21.6. The van der Waals surface area contributed by atoms with Gasteiger partial charge in [-0.05, 0) is 51.3 Å². The second-order valence-electron chi connectivity index (χ2n) is 10.0. The summed E-state index contributed by atoms with van der Waals surface area (Å²) in [6.07, 6.45) is 2.85. The molecule has 37 heavy (non-hydrogen) atoms. The van der Waals surface area contributed by atoms with E-state index in [0.29, 0.717) is 35.9 Å². The predicted octanol–water partition coefficient (Wildman–Crippen LogP) is 6.34. The molecule has 3 heterocycles. The fourth-order valence-corrected chi connectivity index (χ4v) is 4.59. The molecule has 1 aliphatic heterocycles. The van der Waals surface area contributed by atoms with Gasteiger partial charge in [-0.25, -0.2) is 14.8 Å². The van der Waals surface area contributed by atoms with Crippen molar-refractivity contribution in [2.24, 2.45) is 0 Å². The lowest BCUT2D eigenvalue weighted by atomic mass is 9.99. The average molecular weight is 502 g/mol. The van der Waals surface area contributed by atoms with Gasteiger partial charge in [-0.15, -0.1) is 0 Å². The Bertz CT molecular complexity index is 1380. The first kappa shape index (κ1) is 24.6. The molecule has 1 aliphatic rings. The minimum absolute atomic E-state index is 0.107. The third kappa shape index (κ3) is 5.23.